The van der Waals surface area contributed by atoms with Crippen LogP contribution in [0, 0.1) is 0 Å². The highest BCUT2D eigenvalue weighted by Gasteiger charge is 2.21. The lowest BCUT2D eigenvalue weighted by Gasteiger charge is -2.16. The molecular weight excluding hydrogens is 961 g/mol. The number of nitrogens with zero attached hydrogens (tertiary/aromatic N) is 6. The Balaban J connectivity index is 1.04. The van der Waals surface area contributed by atoms with E-state index in [1.165, 1.54) is 0 Å². The van der Waals surface area contributed by atoms with E-state index >= 15 is 0 Å². The normalized spacial score (nSPS) is 11.3. The monoisotopic (exact) mass is 1010 g/mol. The number of hydrogen-bond donors (Lipinski definition) is 0. The van der Waals surface area contributed by atoms with Crippen molar-refractivity contribution in [2.45, 2.75) is 0 Å². The second-order valence-electron chi connectivity index (χ2n) is 19.7. The minimum atomic E-state index is 0.642. The van der Waals surface area contributed by atoms with Crippen LogP contribution >= 0.6 is 0 Å². The maximum atomic E-state index is 5.40. The van der Waals surface area contributed by atoms with Gasteiger partial charge in [0.05, 0.1) is 45.2 Å². The van der Waals surface area contributed by atoms with Crippen molar-refractivity contribution in [1.29, 1.82) is 0 Å². The third kappa shape index (κ3) is 9.34. The van der Waals surface area contributed by atoms with Crippen molar-refractivity contribution in [2.75, 3.05) is 0 Å². The number of benzene rings is 10. The zero-order valence-electron chi connectivity index (χ0n) is 42.9. The average Bonchev–Trinajstić information content (AvgIpc) is 4.09. The van der Waals surface area contributed by atoms with Gasteiger partial charge < -0.3 is 4.57 Å². The van der Waals surface area contributed by atoms with Gasteiger partial charge in [-0.15, -0.1) is 0 Å². The molecule has 0 unspecified atom stereocenters. The summed E-state index contributed by atoms with van der Waals surface area (Å²) in [7, 11) is 0. The number of pyridine rings is 1. The first-order valence-electron chi connectivity index (χ1n) is 26.5. The second kappa shape index (κ2) is 20.4. The van der Waals surface area contributed by atoms with Gasteiger partial charge in [-0.3, -0.25) is 0 Å². The Morgan fingerprint density at radius 1 is 0.190 bits per heavy atom. The lowest BCUT2D eigenvalue weighted by atomic mass is 9.98. The van der Waals surface area contributed by atoms with Crippen LogP contribution in [0.4, 0.5) is 0 Å². The standard InChI is InChI=1S/C73H48N6/c1-8-22-49(23-9-1)56-36-38-70-62(43-56)63-44-57(58-45-64(50-24-10-2-11-25-50)74-65(46-58)51-26-12-3-13-27-51)37-39-71(63)79(70)61-41-59(68-47-66(52-28-14-4-15-29-52)75-72(77-68)54-32-18-6-19-33-54)40-60(42-61)69-48-67(53-30-16-5-17-31-53)76-73(78-69)55-34-20-7-21-35-55/h1-48H. The number of rotatable bonds is 11. The average molecular weight is 1010 g/mol. The minimum absolute atomic E-state index is 0.642. The Morgan fingerprint density at radius 2 is 0.494 bits per heavy atom. The van der Waals surface area contributed by atoms with Crippen LogP contribution in [0.25, 0.3) is 140 Å². The molecule has 4 aromatic heterocycles. The lowest BCUT2D eigenvalue weighted by Crippen LogP contribution is -2.00. The van der Waals surface area contributed by atoms with Gasteiger partial charge in [0.2, 0.25) is 0 Å². The predicted octanol–water partition coefficient (Wildman–Crippen LogP) is 18.4. The van der Waals surface area contributed by atoms with Crippen molar-refractivity contribution >= 4 is 21.8 Å². The van der Waals surface area contributed by atoms with Gasteiger partial charge in [-0.1, -0.05) is 224 Å². The van der Waals surface area contributed by atoms with Crippen LogP contribution < -0.4 is 0 Å². The van der Waals surface area contributed by atoms with E-state index in [2.05, 4.69) is 235 Å². The molecule has 6 nitrogen and oxygen atoms in total. The smallest absolute Gasteiger partial charge is 0.160 e. The minimum Gasteiger partial charge on any atom is -0.309 e. The SMILES string of the molecule is c1ccc(-c2ccc3c(c2)c2cc(-c4cc(-c5ccccc5)nc(-c5ccccc5)c4)ccc2n3-c2cc(-c3cc(-c4ccccc4)nc(-c4ccccc4)n3)cc(-c3cc(-c4ccccc4)nc(-c4ccccc4)n3)c2)cc1. The van der Waals surface area contributed by atoms with E-state index in [9.17, 15) is 0 Å². The van der Waals surface area contributed by atoms with Crippen LogP contribution in [0.1, 0.15) is 0 Å². The molecule has 10 aromatic carbocycles. The van der Waals surface area contributed by atoms with Crippen LogP contribution in [-0.2, 0) is 0 Å². The fourth-order valence-electron chi connectivity index (χ4n) is 10.7. The lowest BCUT2D eigenvalue weighted by molar-refractivity contribution is 1.16. The van der Waals surface area contributed by atoms with Crippen molar-refractivity contribution in [3.05, 3.63) is 291 Å². The van der Waals surface area contributed by atoms with E-state index in [1.807, 2.05) is 60.7 Å². The van der Waals surface area contributed by atoms with Crippen LogP contribution in [0.3, 0.4) is 0 Å². The summed E-state index contributed by atoms with van der Waals surface area (Å²) in [5, 5.41) is 2.25. The fourth-order valence-corrected chi connectivity index (χ4v) is 10.7. The third-order valence-corrected chi connectivity index (χ3v) is 14.6. The first kappa shape index (κ1) is 46.8. The molecule has 0 radical (unpaired) electrons. The molecule has 14 rings (SSSR count). The summed E-state index contributed by atoms with van der Waals surface area (Å²) in [5.74, 6) is 1.28. The summed E-state index contributed by atoms with van der Waals surface area (Å²) in [5.41, 5.74) is 20.4. The van der Waals surface area contributed by atoms with Crippen molar-refractivity contribution in [2.24, 2.45) is 0 Å². The van der Waals surface area contributed by atoms with Crippen molar-refractivity contribution < 1.29 is 0 Å². The Kier molecular flexibility index (Phi) is 12.1. The summed E-state index contributed by atoms with van der Waals surface area (Å²) in [6, 6.07) is 102. The summed E-state index contributed by atoms with van der Waals surface area (Å²) in [4.78, 5) is 26.4. The van der Waals surface area contributed by atoms with Crippen LogP contribution in [0.5, 0.6) is 0 Å². The summed E-state index contributed by atoms with van der Waals surface area (Å²) in [6.45, 7) is 0. The van der Waals surface area contributed by atoms with E-state index in [1.54, 1.807) is 0 Å². The molecule has 14 aromatic rings. The van der Waals surface area contributed by atoms with Gasteiger partial charge in [-0.2, -0.15) is 0 Å². The Morgan fingerprint density at radius 3 is 0.861 bits per heavy atom. The largest absolute Gasteiger partial charge is 0.309 e. The number of aromatic nitrogens is 6. The van der Waals surface area contributed by atoms with Crippen molar-refractivity contribution in [3.8, 4) is 118 Å². The number of hydrogen-bond acceptors (Lipinski definition) is 5. The summed E-state index contributed by atoms with van der Waals surface area (Å²) < 4.78 is 2.41. The first-order valence-corrected chi connectivity index (χ1v) is 26.5. The molecule has 0 aliphatic heterocycles. The third-order valence-electron chi connectivity index (χ3n) is 14.6. The molecule has 0 spiro atoms. The highest BCUT2D eigenvalue weighted by Crippen LogP contribution is 2.41. The van der Waals surface area contributed by atoms with Gasteiger partial charge in [0.15, 0.2) is 11.6 Å². The molecule has 0 aliphatic rings. The van der Waals surface area contributed by atoms with Gasteiger partial charge >= 0.3 is 0 Å². The van der Waals surface area contributed by atoms with Crippen LogP contribution in [0.15, 0.2) is 291 Å². The van der Waals surface area contributed by atoms with Gasteiger partial charge in [0.1, 0.15) is 0 Å². The van der Waals surface area contributed by atoms with Gasteiger partial charge in [0.25, 0.3) is 0 Å². The highest BCUT2D eigenvalue weighted by atomic mass is 15.0. The molecule has 370 valence electrons. The van der Waals surface area contributed by atoms with Crippen LogP contribution in [0.2, 0.25) is 0 Å². The maximum absolute atomic E-state index is 5.40. The maximum Gasteiger partial charge on any atom is 0.160 e. The number of fused-ring (bicyclic) bond motifs is 3. The zero-order valence-corrected chi connectivity index (χ0v) is 42.9. The molecule has 0 fully saturated rings. The molecule has 0 aliphatic carbocycles. The zero-order chi connectivity index (χ0) is 52.5. The molecule has 0 saturated heterocycles. The van der Waals surface area contributed by atoms with Gasteiger partial charge in [-0.25, -0.2) is 24.9 Å². The van der Waals surface area contributed by atoms with E-state index in [0.717, 1.165) is 128 Å². The highest BCUT2D eigenvalue weighted by molar-refractivity contribution is 6.12. The molecule has 4 heterocycles. The Labute approximate surface area is 458 Å². The molecule has 0 bridgehead atoms. The predicted molar refractivity (Wildman–Crippen MR) is 324 cm³/mol. The Hall–Kier alpha value is -10.7. The summed E-state index contributed by atoms with van der Waals surface area (Å²) >= 11 is 0. The summed E-state index contributed by atoms with van der Waals surface area (Å²) in [6.07, 6.45) is 0. The molecule has 0 N–H and O–H groups in total. The molecule has 0 atom stereocenters. The van der Waals surface area contributed by atoms with E-state index < -0.39 is 0 Å². The molecular formula is C73H48N6. The quantitative estimate of drug-likeness (QED) is 0.129. The molecule has 0 amide bonds. The fraction of sp³-hybridized carbons (Fsp3) is 0. The first-order chi connectivity index (χ1) is 39.1. The van der Waals surface area contributed by atoms with Crippen LogP contribution in [-0.4, -0.2) is 29.5 Å². The molecule has 79 heavy (non-hydrogen) atoms. The van der Waals surface area contributed by atoms with E-state index in [0.29, 0.717) is 11.6 Å². The second-order valence-corrected chi connectivity index (χ2v) is 19.7. The van der Waals surface area contributed by atoms with Gasteiger partial charge in [-0.05, 0) is 89.0 Å². The van der Waals surface area contributed by atoms with E-state index in [4.69, 9.17) is 24.9 Å². The molecule has 6 heteroatoms. The van der Waals surface area contributed by atoms with E-state index in [-0.39, 0.29) is 0 Å². The topological polar surface area (TPSA) is 69.4 Å². The molecule has 0 saturated carbocycles. The van der Waals surface area contributed by atoms with Crippen molar-refractivity contribution in [3.63, 3.8) is 0 Å². The Bertz CT molecular complexity index is 4170. The van der Waals surface area contributed by atoms with Crippen molar-refractivity contribution in [1.82, 2.24) is 29.5 Å². The van der Waals surface area contributed by atoms with Gasteiger partial charge in [0, 0.05) is 61.0 Å².